The van der Waals surface area contributed by atoms with Gasteiger partial charge in [-0.15, -0.1) is 0 Å². The lowest BCUT2D eigenvalue weighted by atomic mass is 10.1. The van der Waals surface area contributed by atoms with E-state index in [0.29, 0.717) is 19.3 Å². The summed E-state index contributed by atoms with van der Waals surface area (Å²) in [6.07, 6.45) is 62.3. The molecule has 0 aliphatic carbocycles. The van der Waals surface area contributed by atoms with Gasteiger partial charge in [-0.05, 0) is 103 Å². The van der Waals surface area contributed by atoms with E-state index in [2.05, 4.69) is 69.4 Å². The highest BCUT2D eigenvalue weighted by Gasteiger charge is 2.19. The molecular weight excluding hydrogens is 781 g/mol. The highest BCUT2D eigenvalue weighted by Crippen LogP contribution is 2.14. The number of hydrogen-bond acceptors (Lipinski definition) is 6. The summed E-state index contributed by atoms with van der Waals surface area (Å²) in [5, 5.41) is 0. The second-order valence-electron chi connectivity index (χ2n) is 18.1. The van der Waals surface area contributed by atoms with Crippen LogP contribution in [0.15, 0.2) is 48.6 Å². The van der Waals surface area contributed by atoms with Crippen molar-refractivity contribution in [1.82, 2.24) is 0 Å². The molecule has 0 saturated heterocycles. The largest absolute Gasteiger partial charge is 0.462 e. The lowest BCUT2D eigenvalue weighted by Crippen LogP contribution is -2.30. The molecule has 0 aromatic heterocycles. The second kappa shape index (κ2) is 52.0. The van der Waals surface area contributed by atoms with Crippen LogP contribution in [0, 0.1) is 0 Å². The molecule has 0 bridgehead atoms. The number of ether oxygens (including phenoxy) is 3. The van der Waals surface area contributed by atoms with Crippen LogP contribution >= 0.6 is 0 Å². The standard InChI is InChI=1S/C57H102O6/c1-4-7-10-13-16-19-22-25-27-28-30-32-35-38-41-44-47-50-56(59)62-53-54(52-61-55(58)49-46-43-40-37-34-31-24-21-18-15-12-9-6-3)63-57(60)51-48-45-42-39-36-33-29-26-23-20-17-14-11-8-5-2/h16,19,21,24-27,29,54H,4-15,17-18,20,22-23,28,30-53H2,1-3H3/b19-16-,24-21-,27-25-,29-26-. The summed E-state index contributed by atoms with van der Waals surface area (Å²) >= 11 is 0. The third-order valence-corrected chi connectivity index (χ3v) is 11.8. The van der Waals surface area contributed by atoms with E-state index in [1.54, 1.807) is 0 Å². The normalized spacial score (nSPS) is 12.4. The van der Waals surface area contributed by atoms with Gasteiger partial charge in [-0.25, -0.2) is 0 Å². The zero-order chi connectivity index (χ0) is 45.8. The lowest BCUT2D eigenvalue weighted by molar-refractivity contribution is -0.167. The van der Waals surface area contributed by atoms with Gasteiger partial charge in [0.1, 0.15) is 13.2 Å². The van der Waals surface area contributed by atoms with Crippen LogP contribution in [-0.2, 0) is 28.6 Å². The predicted molar refractivity (Wildman–Crippen MR) is 270 cm³/mol. The van der Waals surface area contributed by atoms with Gasteiger partial charge in [-0.2, -0.15) is 0 Å². The summed E-state index contributed by atoms with van der Waals surface area (Å²) in [5.41, 5.74) is 0. The minimum Gasteiger partial charge on any atom is -0.462 e. The highest BCUT2D eigenvalue weighted by atomic mass is 16.6. The fourth-order valence-corrected chi connectivity index (χ4v) is 7.64. The zero-order valence-electron chi connectivity index (χ0n) is 41.8. The molecule has 0 aliphatic heterocycles. The van der Waals surface area contributed by atoms with Crippen molar-refractivity contribution in [2.75, 3.05) is 13.2 Å². The first-order valence-electron chi connectivity index (χ1n) is 27.1. The van der Waals surface area contributed by atoms with Crippen LogP contribution in [0.1, 0.15) is 278 Å². The molecule has 0 spiro atoms. The summed E-state index contributed by atoms with van der Waals surface area (Å²) in [6, 6.07) is 0. The van der Waals surface area contributed by atoms with Crippen LogP contribution in [-0.4, -0.2) is 37.2 Å². The number of carbonyl (C=O) groups excluding carboxylic acids is 3. The Bertz CT molecular complexity index is 1110. The van der Waals surface area contributed by atoms with Crippen LogP contribution in [0.5, 0.6) is 0 Å². The van der Waals surface area contributed by atoms with Crippen molar-refractivity contribution >= 4 is 17.9 Å². The van der Waals surface area contributed by atoms with Crippen molar-refractivity contribution in [1.29, 1.82) is 0 Å². The number of allylic oxidation sites excluding steroid dienone is 8. The van der Waals surface area contributed by atoms with Crippen molar-refractivity contribution in [3.8, 4) is 0 Å². The number of esters is 3. The lowest BCUT2D eigenvalue weighted by Gasteiger charge is -2.18. The minimum atomic E-state index is -0.782. The summed E-state index contributed by atoms with van der Waals surface area (Å²) in [7, 11) is 0. The molecule has 0 saturated carbocycles. The number of carbonyl (C=O) groups is 3. The summed E-state index contributed by atoms with van der Waals surface area (Å²) in [4.78, 5) is 38.0. The topological polar surface area (TPSA) is 78.9 Å². The summed E-state index contributed by atoms with van der Waals surface area (Å²) in [5.74, 6) is -0.898. The Hall–Kier alpha value is -2.63. The fourth-order valence-electron chi connectivity index (χ4n) is 7.64. The van der Waals surface area contributed by atoms with Crippen molar-refractivity contribution in [2.45, 2.75) is 284 Å². The van der Waals surface area contributed by atoms with Crippen LogP contribution in [0.25, 0.3) is 0 Å². The van der Waals surface area contributed by atoms with E-state index in [-0.39, 0.29) is 31.1 Å². The highest BCUT2D eigenvalue weighted by molar-refractivity contribution is 5.71. The average Bonchev–Trinajstić information content (AvgIpc) is 3.28. The van der Waals surface area contributed by atoms with E-state index in [1.807, 2.05) is 0 Å². The third kappa shape index (κ3) is 50.2. The number of unbranched alkanes of at least 4 members (excludes halogenated alkanes) is 30. The summed E-state index contributed by atoms with van der Waals surface area (Å²) in [6.45, 7) is 6.59. The molecular formula is C57H102O6. The van der Waals surface area contributed by atoms with Gasteiger partial charge < -0.3 is 14.2 Å². The average molecular weight is 883 g/mol. The molecule has 0 N–H and O–H groups in total. The Morgan fingerprint density at radius 3 is 0.937 bits per heavy atom. The fraction of sp³-hybridized carbons (Fsp3) is 0.807. The van der Waals surface area contributed by atoms with E-state index in [0.717, 1.165) is 89.9 Å². The van der Waals surface area contributed by atoms with Gasteiger partial charge in [0.15, 0.2) is 6.10 Å². The molecule has 0 heterocycles. The van der Waals surface area contributed by atoms with Crippen LogP contribution < -0.4 is 0 Å². The smallest absolute Gasteiger partial charge is 0.306 e. The summed E-state index contributed by atoms with van der Waals surface area (Å²) < 4.78 is 16.8. The molecule has 0 radical (unpaired) electrons. The van der Waals surface area contributed by atoms with Gasteiger partial charge in [0, 0.05) is 19.3 Å². The maximum Gasteiger partial charge on any atom is 0.306 e. The molecule has 0 rings (SSSR count). The Morgan fingerprint density at radius 1 is 0.317 bits per heavy atom. The Balaban J connectivity index is 4.39. The van der Waals surface area contributed by atoms with E-state index in [4.69, 9.17) is 14.2 Å². The maximum absolute atomic E-state index is 12.8. The number of hydrogen-bond donors (Lipinski definition) is 0. The molecule has 6 heteroatoms. The van der Waals surface area contributed by atoms with Crippen LogP contribution in [0.4, 0.5) is 0 Å². The predicted octanol–water partition coefficient (Wildman–Crippen LogP) is 17.9. The Labute approximate surface area is 390 Å². The molecule has 0 amide bonds. The molecule has 0 aromatic rings. The van der Waals surface area contributed by atoms with E-state index in [9.17, 15) is 14.4 Å². The monoisotopic (exact) mass is 883 g/mol. The SMILES string of the molecule is CCCCC/C=C\C/C=C\CCCCCCCCCC(=O)OCC(COC(=O)CCCCCCC/C=C\CCCCCC)OC(=O)CCCCCCC/C=C\CCCCCCCC. The molecule has 0 aliphatic rings. The van der Waals surface area contributed by atoms with Crippen molar-refractivity contribution in [3.63, 3.8) is 0 Å². The first-order chi connectivity index (χ1) is 31.0. The van der Waals surface area contributed by atoms with Crippen LogP contribution in [0.2, 0.25) is 0 Å². The van der Waals surface area contributed by atoms with E-state index >= 15 is 0 Å². The Morgan fingerprint density at radius 2 is 0.571 bits per heavy atom. The van der Waals surface area contributed by atoms with Crippen LogP contribution in [0.3, 0.4) is 0 Å². The molecule has 6 nitrogen and oxygen atoms in total. The van der Waals surface area contributed by atoms with Gasteiger partial charge >= 0.3 is 17.9 Å². The molecule has 0 aromatic carbocycles. The molecule has 0 fully saturated rings. The van der Waals surface area contributed by atoms with Crippen molar-refractivity contribution in [3.05, 3.63) is 48.6 Å². The maximum atomic E-state index is 12.8. The van der Waals surface area contributed by atoms with Gasteiger partial charge in [0.25, 0.3) is 0 Å². The van der Waals surface area contributed by atoms with Gasteiger partial charge in [-0.3, -0.25) is 14.4 Å². The van der Waals surface area contributed by atoms with Gasteiger partial charge in [0.05, 0.1) is 0 Å². The Kier molecular flexibility index (Phi) is 49.8. The number of rotatable bonds is 49. The third-order valence-electron chi connectivity index (χ3n) is 11.8. The molecule has 63 heavy (non-hydrogen) atoms. The quantitative estimate of drug-likeness (QED) is 0.0262. The van der Waals surface area contributed by atoms with Gasteiger partial charge in [-0.1, -0.05) is 204 Å². The first kappa shape index (κ1) is 60.4. The first-order valence-corrected chi connectivity index (χ1v) is 27.1. The van der Waals surface area contributed by atoms with Crippen molar-refractivity contribution in [2.24, 2.45) is 0 Å². The molecule has 1 atom stereocenters. The second-order valence-corrected chi connectivity index (χ2v) is 18.1. The van der Waals surface area contributed by atoms with E-state index < -0.39 is 6.10 Å². The zero-order valence-corrected chi connectivity index (χ0v) is 41.8. The van der Waals surface area contributed by atoms with Gasteiger partial charge in [0.2, 0.25) is 0 Å². The molecule has 1 unspecified atom stereocenters. The van der Waals surface area contributed by atoms with E-state index in [1.165, 1.54) is 148 Å². The minimum absolute atomic E-state index is 0.0822. The van der Waals surface area contributed by atoms with Crippen molar-refractivity contribution < 1.29 is 28.6 Å². The molecule has 366 valence electrons.